The molecule has 0 amide bonds. The molecule has 1 N–H and O–H groups in total. The lowest BCUT2D eigenvalue weighted by molar-refractivity contribution is -0.139. The lowest BCUT2D eigenvalue weighted by Crippen LogP contribution is -2.10. The number of ether oxygens (including phenoxy) is 3. The maximum atomic E-state index is 13.0. The fraction of sp³-hybridized carbons (Fsp3) is 0.192. The smallest absolute Gasteiger partial charge is 0.416 e. The number of hydrogen-bond acceptors (Lipinski definition) is 6. The van der Waals surface area contributed by atoms with Crippen LogP contribution >= 0.6 is 0 Å². The number of nitrogens with zero attached hydrogens (tertiary/aromatic N) is 3. The summed E-state index contributed by atoms with van der Waals surface area (Å²) < 4.78 is 57.0. The van der Waals surface area contributed by atoms with E-state index in [9.17, 15) is 18.0 Å². The average molecular weight is 513 g/mol. The molecule has 0 spiro atoms. The van der Waals surface area contributed by atoms with Crippen molar-refractivity contribution in [1.82, 2.24) is 14.5 Å². The highest BCUT2D eigenvalue weighted by atomic mass is 19.4. The number of carboxylic acids is 1. The summed E-state index contributed by atoms with van der Waals surface area (Å²) in [4.78, 5) is 19.5. The molecule has 0 fully saturated rings. The van der Waals surface area contributed by atoms with Crippen LogP contribution in [-0.4, -0.2) is 39.3 Å². The van der Waals surface area contributed by atoms with Crippen LogP contribution in [0.15, 0.2) is 67.0 Å². The van der Waals surface area contributed by atoms with Crippen molar-refractivity contribution in [3.63, 3.8) is 0 Å². The highest BCUT2D eigenvalue weighted by molar-refractivity contribution is 5.68. The van der Waals surface area contributed by atoms with Crippen molar-refractivity contribution in [1.29, 1.82) is 0 Å². The van der Waals surface area contributed by atoms with Gasteiger partial charge >= 0.3 is 12.1 Å². The molecule has 0 bridgehead atoms. The molecule has 2 aromatic carbocycles. The molecule has 192 valence electrons. The van der Waals surface area contributed by atoms with Crippen LogP contribution < -0.4 is 14.2 Å². The third kappa shape index (κ3) is 6.18. The van der Waals surface area contributed by atoms with Gasteiger partial charge < -0.3 is 19.3 Å². The fourth-order valence-corrected chi connectivity index (χ4v) is 3.51. The van der Waals surface area contributed by atoms with E-state index in [0.29, 0.717) is 45.7 Å². The number of carbonyl (C=O) groups is 1. The average Bonchev–Trinajstić information content (AvgIpc) is 3.31. The molecular formula is C26H22F3N3O5. The molecule has 11 heteroatoms. The van der Waals surface area contributed by atoms with Gasteiger partial charge in [0, 0.05) is 17.8 Å². The Morgan fingerprint density at radius 1 is 1.05 bits per heavy atom. The largest absolute Gasteiger partial charge is 0.487 e. The second-order valence-corrected chi connectivity index (χ2v) is 7.96. The van der Waals surface area contributed by atoms with Crippen LogP contribution in [0.5, 0.6) is 17.4 Å². The summed E-state index contributed by atoms with van der Waals surface area (Å²) in [7, 11) is 1.49. The summed E-state index contributed by atoms with van der Waals surface area (Å²) in [5, 5.41) is 8.78. The predicted molar refractivity (Wildman–Crippen MR) is 127 cm³/mol. The summed E-state index contributed by atoms with van der Waals surface area (Å²) in [6.45, 7) is 1.38. The monoisotopic (exact) mass is 513 g/mol. The molecule has 0 saturated carbocycles. The zero-order valence-corrected chi connectivity index (χ0v) is 19.8. The molecule has 8 nitrogen and oxygen atoms in total. The van der Waals surface area contributed by atoms with Gasteiger partial charge in [0.2, 0.25) is 5.88 Å². The SMILES string of the molecule is COc1ccc(-n2cc(COc3ccc(OCC(=O)O)c(C)c3)nc2-c2ccc(C(F)(F)F)cc2)cn1. The number of hydrogen-bond donors (Lipinski definition) is 1. The van der Waals surface area contributed by atoms with Crippen LogP contribution in [0.1, 0.15) is 16.8 Å². The van der Waals surface area contributed by atoms with E-state index in [1.807, 2.05) is 0 Å². The van der Waals surface area contributed by atoms with Gasteiger partial charge in [-0.05, 0) is 48.9 Å². The quantitative estimate of drug-likeness (QED) is 0.324. The number of pyridine rings is 1. The van der Waals surface area contributed by atoms with Gasteiger partial charge in [-0.25, -0.2) is 14.8 Å². The van der Waals surface area contributed by atoms with Gasteiger partial charge in [-0.1, -0.05) is 12.1 Å². The number of benzene rings is 2. The minimum atomic E-state index is -4.45. The number of rotatable bonds is 9. The summed E-state index contributed by atoms with van der Waals surface area (Å²) in [5.41, 5.74) is 1.57. The molecule has 0 aliphatic carbocycles. The summed E-state index contributed by atoms with van der Waals surface area (Å²) in [6.07, 6.45) is -1.16. The molecule has 0 aliphatic heterocycles. The van der Waals surface area contributed by atoms with Gasteiger partial charge in [-0.2, -0.15) is 13.2 Å². The Morgan fingerprint density at radius 2 is 1.81 bits per heavy atom. The molecule has 4 rings (SSSR count). The van der Waals surface area contributed by atoms with E-state index >= 15 is 0 Å². The number of aliphatic carboxylic acids is 1. The Labute approximate surface area is 209 Å². The lowest BCUT2D eigenvalue weighted by Gasteiger charge is -2.10. The van der Waals surface area contributed by atoms with Gasteiger partial charge in [0.15, 0.2) is 6.61 Å². The maximum Gasteiger partial charge on any atom is 0.416 e. The van der Waals surface area contributed by atoms with E-state index in [-0.39, 0.29) is 6.61 Å². The van der Waals surface area contributed by atoms with Gasteiger partial charge in [0.1, 0.15) is 23.9 Å². The van der Waals surface area contributed by atoms with E-state index < -0.39 is 24.3 Å². The lowest BCUT2D eigenvalue weighted by atomic mass is 10.1. The van der Waals surface area contributed by atoms with Crippen molar-refractivity contribution >= 4 is 5.97 Å². The number of aromatic nitrogens is 3. The zero-order chi connectivity index (χ0) is 26.6. The summed E-state index contributed by atoms with van der Waals surface area (Å²) >= 11 is 0. The number of carboxylic acid groups (broad SMARTS) is 1. The first-order valence-corrected chi connectivity index (χ1v) is 11.0. The normalized spacial score (nSPS) is 11.3. The standard InChI is InChI=1S/C26H22F3N3O5/c1-16-11-21(8-9-22(16)37-15-24(33)34)36-14-19-13-32(20-7-10-23(35-2)30-12-20)25(31-19)17-3-5-18(6-4-17)26(27,28)29/h3-13H,14-15H2,1-2H3,(H,33,34). The van der Waals surface area contributed by atoms with E-state index in [2.05, 4.69) is 9.97 Å². The number of imidazole rings is 1. The number of methoxy groups -OCH3 is 1. The van der Waals surface area contributed by atoms with Crippen LogP contribution in [-0.2, 0) is 17.6 Å². The van der Waals surface area contributed by atoms with E-state index in [4.69, 9.17) is 19.3 Å². The highest BCUT2D eigenvalue weighted by Crippen LogP contribution is 2.32. The summed E-state index contributed by atoms with van der Waals surface area (Å²) in [5.74, 6) is 0.682. The third-order valence-corrected chi connectivity index (χ3v) is 5.32. The Morgan fingerprint density at radius 3 is 2.41 bits per heavy atom. The van der Waals surface area contributed by atoms with Crippen molar-refractivity contribution in [2.24, 2.45) is 0 Å². The molecule has 4 aromatic rings. The van der Waals surface area contributed by atoms with Crippen LogP contribution in [0.3, 0.4) is 0 Å². The second kappa shape index (κ2) is 10.6. The molecule has 37 heavy (non-hydrogen) atoms. The highest BCUT2D eigenvalue weighted by Gasteiger charge is 2.30. The Hall–Kier alpha value is -4.54. The first-order valence-electron chi connectivity index (χ1n) is 11.0. The van der Waals surface area contributed by atoms with Crippen LogP contribution in [0.4, 0.5) is 13.2 Å². The van der Waals surface area contributed by atoms with Crippen LogP contribution in [0, 0.1) is 6.92 Å². The number of halogens is 3. The van der Waals surface area contributed by atoms with Crippen molar-refractivity contribution in [3.05, 3.63) is 83.8 Å². The van der Waals surface area contributed by atoms with Gasteiger partial charge in [-0.3, -0.25) is 4.57 Å². The molecule has 0 atom stereocenters. The van der Waals surface area contributed by atoms with E-state index in [1.165, 1.54) is 19.2 Å². The van der Waals surface area contributed by atoms with Crippen molar-refractivity contribution in [3.8, 4) is 34.5 Å². The summed E-state index contributed by atoms with van der Waals surface area (Å²) in [6, 6.07) is 13.1. The van der Waals surface area contributed by atoms with Gasteiger partial charge in [0.05, 0.1) is 30.3 Å². The molecule has 2 aromatic heterocycles. The Bertz CT molecular complexity index is 1380. The fourth-order valence-electron chi connectivity index (χ4n) is 3.51. The number of aryl methyl sites for hydroxylation is 1. The topological polar surface area (TPSA) is 95.7 Å². The first kappa shape index (κ1) is 25.5. The molecular weight excluding hydrogens is 491 g/mol. The van der Waals surface area contributed by atoms with Crippen LogP contribution in [0.2, 0.25) is 0 Å². The van der Waals surface area contributed by atoms with Gasteiger partial charge in [-0.15, -0.1) is 0 Å². The minimum Gasteiger partial charge on any atom is -0.487 e. The number of alkyl halides is 3. The molecule has 2 heterocycles. The Kier molecular flexibility index (Phi) is 7.32. The van der Waals surface area contributed by atoms with Gasteiger partial charge in [0.25, 0.3) is 0 Å². The molecule has 0 radical (unpaired) electrons. The van der Waals surface area contributed by atoms with Crippen molar-refractivity contribution < 1.29 is 37.3 Å². The van der Waals surface area contributed by atoms with Crippen molar-refractivity contribution in [2.45, 2.75) is 19.7 Å². The minimum absolute atomic E-state index is 0.0684. The van der Waals surface area contributed by atoms with E-state index in [1.54, 1.807) is 54.2 Å². The molecule has 0 aliphatic rings. The predicted octanol–water partition coefficient (Wildman–Crippen LogP) is 5.31. The third-order valence-electron chi connectivity index (χ3n) is 5.32. The van der Waals surface area contributed by atoms with Crippen LogP contribution in [0.25, 0.3) is 17.1 Å². The molecule has 0 unspecified atom stereocenters. The first-order chi connectivity index (χ1) is 17.6. The second-order valence-electron chi connectivity index (χ2n) is 7.96. The maximum absolute atomic E-state index is 13.0. The molecule has 0 saturated heterocycles. The Balaban J connectivity index is 1.60. The van der Waals surface area contributed by atoms with E-state index in [0.717, 1.165) is 12.1 Å². The van der Waals surface area contributed by atoms with Crippen molar-refractivity contribution in [2.75, 3.05) is 13.7 Å². The zero-order valence-electron chi connectivity index (χ0n) is 19.8.